The molecule has 0 atom stereocenters. The summed E-state index contributed by atoms with van der Waals surface area (Å²) < 4.78 is 1.24. The fraction of sp³-hybridized carbons (Fsp3) is 0.0769. The zero-order valence-electron chi connectivity index (χ0n) is 8.15. The van der Waals surface area contributed by atoms with E-state index < -0.39 is 0 Å². The fourth-order valence-corrected chi connectivity index (χ4v) is 1.80. The molecule has 0 amide bonds. The molecule has 2 aromatic carbocycles. The molecule has 0 unspecified atom stereocenters. The highest BCUT2D eigenvalue weighted by atomic mass is 127. The molecule has 0 fully saturated rings. The molecule has 2 rings (SSSR count). The lowest BCUT2D eigenvalue weighted by atomic mass is 10.0. The van der Waals surface area contributed by atoms with Crippen molar-refractivity contribution in [1.29, 1.82) is 0 Å². The molecule has 0 saturated heterocycles. The molecule has 0 aliphatic carbocycles. The van der Waals surface area contributed by atoms with Crippen molar-refractivity contribution in [2.75, 3.05) is 0 Å². The van der Waals surface area contributed by atoms with Crippen molar-refractivity contribution in [1.82, 2.24) is 0 Å². The minimum Gasteiger partial charge on any atom is -0.392 e. The van der Waals surface area contributed by atoms with Crippen LogP contribution >= 0.6 is 22.6 Å². The minimum atomic E-state index is 0.104. The van der Waals surface area contributed by atoms with Gasteiger partial charge in [-0.15, -0.1) is 0 Å². The summed E-state index contributed by atoms with van der Waals surface area (Å²) >= 11 is 2.29. The molecule has 2 heteroatoms. The number of rotatable bonds is 2. The van der Waals surface area contributed by atoms with Gasteiger partial charge in [-0.05, 0) is 51.4 Å². The van der Waals surface area contributed by atoms with Gasteiger partial charge in [0.25, 0.3) is 0 Å². The molecular weight excluding hydrogens is 299 g/mol. The van der Waals surface area contributed by atoms with Crippen LogP contribution in [0.1, 0.15) is 5.56 Å². The summed E-state index contributed by atoms with van der Waals surface area (Å²) in [6, 6.07) is 16.4. The second-order valence-corrected chi connectivity index (χ2v) is 4.61. The van der Waals surface area contributed by atoms with Crippen molar-refractivity contribution in [2.45, 2.75) is 6.61 Å². The first-order valence-electron chi connectivity index (χ1n) is 4.75. The Hall–Kier alpha value is -0.870. The Labute approximate surface area is 103 Å². The Morgan fingerprint density at radius 1 is 0.800 bits per heavy atom. The van der Waals surface area contributed by atoms with Crippen molar-refractivity contribution >= 4 is 22.6 Å². The predicted octanol–water partition coefficient (Wildman–Crippen LogP) is 3.45. The maximum absolute atomic E-state index is 8.93. The molecule has 0 spiro atoms. The third-order valence-corrected chi connectivity index (χ3v) is 3.03. The van der Waals surface area contributed by atoms with Gasteiger partial charge < -0.3 is 5.11 Å². The Morgan fingerprint density at radius 3 is 1.73 bits per heavy atom. The van der Waals surface area contributed by atoms with E-state index in [0.29, 0.717) is 0 Å². The van der Waals surface area contributed by atoms with Crippen molar-refractivity contribution < 1.29 is 5.11 Å². The first-order valence-corrected chi connectivity index (χ1v) is 5.83. The van der Waals surface area contributed by atoms with Gasteiger partial charge in [-0.1, -0.05) is 36.4 Å². The van der Waals surface area contributed by atoms with E-state index in [1.165, 1.54) is 14.7 Å². The number of halogens is 1. The maximum atomic E-state index is 8.93. The first-order chi connectivity index (χ1) is 7.29. The highest BCUT2D eigenvalue weighted by Gasteiger charge is 1.97. The fourth-order valence-electron chi connectivity index (χ4n) is 1.44. The molecule has 0 heterocycles. The molecular formula is C13H11IO. The van der Waals surface area contributed by atoms with Crippen molar-refractivity contribution in [2.24, 2.45) is 0 Å². The molecule has 0 radical (unpaired) electrons. The van der Waals surface area contributed by atoms with Crippen LogP contribution in [0.5, 0.6) is 0 Å². The van der Waals surface area contributed by atoms with Crippen molar-refractivity contribution in [3.8, 4) is 11.1 Å². The summed E-state index contributed by atoms with van der Waals surface area (Å²) in [5, 5.41) is 8.93. The highest BCUT2D eigenvalue weighted by Crippen LogP contribution is 2.20. The lowest BCUT2D eigenvalue weighted by molar-refractivity contribution is 0.282. The second kappa shape index (κ2) is 4.77. The number of aliphatic hydroxyl groups excluding tert-OH is 1. The van der Waals surface area contributed by atoms with Crippen LogP contribution in [-0.2, 0) is 6.61 Å². The average Bonchev–Trinajstić information content (AvgIpc) is 2.30. The van der Waals surface area contributed by atoms with Crippen molar-refractivity contribution in [3.05, 3.63) is 57.7 Å². The number of hydrogen-bond acceptors (Lipinski definition) is 1. The quantitative estimate of drug-likeness (QED) is 0.842. The third kappa shape index (κ3) is 2.58. The summed E-state index contributed by atoms with van der Waals surface area (Å²) in [6.45, 7) is 0.104. The van der Waals surface area contributed by atoms with Gasteiger partial charge in [0.05, 0.1) is 6.61 Å². The largest absolute Gasteiger partial charge is 0.392 e. The SMILES string of the molecule is OCc1ccc(-c2ccc(I)cc2)cc1. The topological polar surface area (TPSA) is 20.2 Å². The van der Waals surface area contributed by atoms with Gasteiger partial charge in [0, 0.05) is 3.57 Å². The van der Waals surface area contributed by atoms with Gasteiger partial charge in [-0.2, -0.15) is 0 Å². The lowest BCUT2D eigenvalue weighted by Gasteiger charge is -2.02. The van der Waals surface area contributed by atoms with Gasteiger partial charge in [0.15, 0.2) is 0 Å². The maximum Gasteiger partial charge on any atom is 0.0681 e. The predicted molar refractivity (Wildman–Crippen MR) is 70.5 cm³/mol. The van der Waals surface area contributed by atoms with Crippen LogP contribution in [0.4, 0.5) is 0 Å². The summed E-state index contributed by atoms with van der Waals surface area (Å²) in [5.41, 5.74) is 3.34. The van der Waals surface area contributed by atoms with Crippen LogP contribution < -0.4 is 0 Å². The Bertz CT molecular complexity index is 431. The monoisotopic (exact) mass is 310 g/mol. The smallest absolute Gasteiger partial charge is 0.0681 e. The van der Waals surface area contributed by atoms with E-state index in [2.05, 4.69) is 46.9 Å². The van der Waals surface area contributed by atoms with Crippen LogP contribution in [0.15, 0.2) is 48.5 Å². The Morgan fingerprint density at radius 2 is 1.27 bits per heavy atom. The van der Waals surface area contributed by atoms with E-state index in [-0.39, 0.29) is 6.61 Å². The molecule has 2 aromatic rings. The highest BCUT2D eigenvalue weighted by molar-refractivity contribution is 14.1. The third-order valence-electron chi connectivity index (χ3n) is 2.31. The van der Waals surface area contributed by atoms with Gasteiger partial charge in [0.1, 0.15) is 0 Å². The van der Waals surface area contributed by atoms with Crippen LogP contribution in [0, 0.1) is 3.57 Å². The van der Waals surface area contributed by atoms with Crippen LogP contribution in [-0.4, -0.2) is 5.11 Å². The second-order valence-electron chi connectivity index (χ2n) is 3.36. The molecule has 0 aromatic heterocycles. The number of benzene rings is 2. The molecule has 1 nitrogen and oxygen atoms in total. The summed E-state index contributed by atoms with van der Waals surface area (Å²) in [4.78, 5) is 0. The normalized spacial score (nSPS) is 10.3. The molecule has 76 valence electrons. The van der Waals surface area contributed by atoms with E-state index in [1.54, 1.807) is 0 Å². The van der Waals surface area contributed by atoms with Gasteiger partial charge in [0.2, 0.25) is 0 Å². The van der Waals surface area contributed by atoms with Gasteiger partial charge in [-0.3, -0.25) is 0 Å². The standard InChI is InChI=1S/C13H11IO/c14-13-7-5-12(6-8-13)11-3-1-10(9-15)2-4-11/h1-8,15H,9H2. The van der Waals surface area contributed by atoms with Crippen molar-refractivity contribution in [3.63, 3.8) is 0 Å². The molecule has 15 heavy (non-hydrogen) atoms. The van der Waals surface area contributed by atoms with E-state index in [9.17, 15) is 0 Å². The average molecular weight is 310 g/mol. The molecule has 1 N–H and O–H groups in total. The van der Waals surface area contributed by atoms with E-state index in [0.717, 1.165) is 5.56 Å². The van der Waals surface area contributed by atoms with Crippen LogP contribution in [0.2, 0.25) is 0 Å². The van der Waals surface area contributed by atoms with Crippen LogP contribution in [0.3, 0.4) is 0 Å². The summed E-state index contributed by atoms with van der Waals surface area (Å²) in [7, 11) is 0. The summed E-state index contributed by atoms with van der Waals surface area (Å²) in [5.74, 6) is 0. The van der Waals surface area contributed by atoms with E-state index in [4.69, 9.17) is 5.11 Å². The molecule has 0 saturated carbocycles. The van der Waals surface area contributed by atoms with E-state index in [1.807, 2.05) is 24.3 Å². The zero-order chi connectivity index (χ0) is 10.7. The molecule has 0 bridgehead atoms. The molecule has 0 aliphatic heterocycles. The van der Waals surface area contributed by atoms with Gasteiger partial charge >= 0.3 is 0 Å². The first kappa shape index (κ1) is 10.6. The minimum absolute atomic E-state index is 0.104. The van der Waals surface area contributed by atoms with E-state index >= 15 is 0 Å². The van der Waals surface area contributed by atoms with Gasteiger partial charge in [-0.25, -0.2) is 0 Å². The lowest BCUT2D eigenvalue weighted by Crippen LogP contribution is -1.83. The zero-order valence-corrected chi connectivity index (χ0v) is 10.3. The molecule has 0 aliphatic rings. The number of hydrogen-bond donors (Lipinski definition) is 1. The number of aliphatic hydroxyl groups is 1. The Balaban J connectivity index is 2.33. The van der Waals surface area contributed by atoms with Crippen LogP contribution in [0.25, 0.3) is 11.1 Å². The Kier molecular flexibility index (Phi) is 3.38. The summed E-state index contributed by atoms with van der Waals surface area (Å²) in [6.07, 6.45) is 0.